The number of aromatic nitrogens is 2. The van der Waals surface area contributed by atoms with E-state index in [1.54, 1.807) is 18.6 Å². The van der Waals surface area contributed by atoms with Crippen LogP contribution in [0.1, 0.15) is 72.0 Å². The van der Waals surface area contributed by atoms with Gasteiger partial charge >= 0.3 is 5.97 Å². The maximum atomic E-state index is 13.8. The molecule has 9 heteroatoms. The summed E-state index contributed by atoms with van der Waals surface area (Å²) < 4.78 is 11.9. The van der Waals surface area contributed by atoms with E-state index in [1.165, 1.54) is 31.2 Å². The molecule has 2 aliphatic rings. The van der Waals surface area contributed by atoms with Crippen LogP contribution in [0.5, 0.6) is 5.75 Å². The first-order chi connectivity index (χ1) is 16.4. The summed E-state index contributed by atoms with van der Waals surface area (Å²) in [7, 11) is 2.82. The summed E-state index contributed by atoms with van der Waals surface area (Å²) in [6, 6.07) is 7.48. The molecule has 2 aromatic rings. The molecule has 1 saturated carbocycles. The van der Waals surface area contributed by atoms with Gasteiger partial charge in [0.25, 0.3) is 5.91 Å². The number of nitrogens with one attached hydrogen (secondary N) is 1. The van der Waals surface area contributed by atoms with Crippen LogP contribution >= 0.6 is 0 Å². The zero-order chi connectivity index (χ0) is 24.3. The zero-order valence-electron chi connectivity index (χ0n) is 20.0. The average Bonchev–Trinajstić information content (AvgIpc) is 3.09. The van der Waals surface area contributed by atoms with Gasteiger partial charge in [0, 0.05) is 11.6 Å². The molecule has 0 spiro atoms. The molecule has 2 heterocycles. The lowest BCUT2D eigenvalue weighted by Crippen LogP contribution is -2.64. The molecule has 1 aromatic heterocycles. The number of rotatable bonds is 6. The summed E-state index contributed by atoms with van der Waals surface area (Å²) in [6.07, 6.45) is 7.82. The molecule has 1 atom stereocenters. The number of hydrogen-bond acceptors (Lipinski definition) is 6. The van der Waals surface area contributed by atoms with Crippen LogP contribution in [-0.2, 0) is 22.6 Å². The Labute approximate surface area is 199 Å². The van der Waals surface area contributed by atoms with Gasteiger partial charge in [0.05, 0.1) is 33.6 Å². The number of para-hydroxylation sites is 1. The van der Waals surface area contributed by atoms with E-state index in [0.29, 0.717) is 5.75 Å². The summed E-state index contributed by atoms with van der Waals surface area (Å²) in [6.45, 7) is 2.09. The van der Waals surface area contributed by atoms with Gasteiger partial charge in [-0.1, -0.05) is 43.9 Å². The summed E-state index contributed by atoms with van der Waals surface area (Å²) >= 11 is 0. The fourth-order valence-electron chi connectivity index (χ4n) is 4.95. The van der Waals surface area contributed by atoms with Crippen LogP contribution in [0.25, 0.3) is 0 Å². The molecule has 0 bridgehead atoms. The van der Waals surface area contributed by atoms with Crippen molar-refractivity contribution in [1.29, 1.82) is 0 Å². The quantitative estimate of drug-likeness (QED) is 0.517. The molecular weight excluding hydrogens is 436 g/mol. The number of hydrogen-bond donors (Lipinski definition) is 1. The van der Waals surface area contributed by atoms with Gasteiger partial charge in [0.2, 0.25) is 5.91 Å². The van der Waals surface area contributed by atoms with Crippen LogP contribution in [0.4, 0.5) is 0 Å². The molecule has 1 aliphatic carbocycles. The minimum absolute atomic E-state index is 0.0521. The van der Waals surface area contributed by atoms with E-state index in [1.807, 2.05) is 24.3 Å². The number of carbonyl (C=O) groups excluding carboxylic acids is 3. The van der Waals surface area contributed by atoms with Crippen LogP contribution in [0, 0.1) is 0 Å². The van der Waals surface area contributed by atoms with Gasteiger partial charge in [-0.15, -0.1) is 0 Å². The number of fused-ring (bicyclic) bond motifs is 1. The number of methoxy groups -OCH3 is 2. The Kier molecular flexibility index (Phi) is 6.90. The SMILES string of the molecule is COC(=O)c1ncn2c1C(=O)N(Cc1ccccc1OC)C(C)(C(=O)NC1CCCCCC1)C2. The molecule has 1 N–H and O–H groups in total. The van der Waals surface area contributed by atoms with E-state index in [9.17, 15) is 14.4 Å². The minimum atomic E-state index is -1.19. The second kappa shape index (κ2) is 9.87. The molecule has 1 unspecified atom stereocenters. The molecule has 2 amide bonds. The normalized spacial score (nSPS) is 20.9. The van der Waals surface area contributed by atoms with Crippen molar-refractivity contribution < 1.29 is 23.9 Å². The third kappa shape index (κ3) is 4.38. The van der Waals surface area contributed by atoms with Crippen molar-refractivity contribution in [2.75, 3.05) is 14.2 Å². The third-order valence-corrected chi connectivity index (χ3v) is 6.94. The molecule has 4 rings (SSSR count). The number of ether oxygens (including phenoxy) is 2. The van der Waals surface area contributed by atoms with Gasteiger partial charge in [0.1, 0.15) is 17.0 Å². The predicted molar refractivity (Wildman–Crippen MR) is 124 cm³/mol. The maximum absolute atomic E-state index is 13.8. The molecule has 34 heavy (non-hydrogen) atoms. The summed E-state index contributed by atoms with van der Waals surface area (Å²) in [5.41, 5.74) is -0.352. The molecule has 1 fully saturated rings. The number of nitrogens with zero attached hydrogens (tertiary/aromatic N) is 3. The highest BCUT2D eigenvalue weighted by Gasteiger charge is 2.49. The van der Waals surface area contributed by atoms with Crippen LogP contribution in [0.3, 0.4) is 0 Å². The van der Waals surface area contributed by atoms with E-state index in [-0.39, 0.29) is 36.4 Å². The molecule has 9 nitrogen and oxygen atoms in total. The standard InChI is InChI=1S/C25H32N4O5/c1-25(24(32)27-18-11-6-4-5-7-12-18)15-28-16-26-20(23(31)34-3)21(28)22(30)29(25)14-17-10-8-9-13-19(17)33-2/h8-10,13,16,18H,4-7,11-12,14-15H2,1-3H3,(H,27,32). The first-order valence-corrected chi connectivity index (χ1v) is 11.8. The monoisotopic (exact) mass is 468 g/mol. The average molecular weight is 469 g/mol. The third-order valence-electron chi connectivity index (χ3n) is 6.94. The lowest BCUT2D eigenvalue weighted by Gasteiger charge is -2.44. The van der Waals surface area contributed by atoms with E-state index in [2.05, 4.69) is 10.3 Å². The van der Waals surface area contributed by atoms with Crippen LogP contribution < -0.4 is 10.1 Å². The molecule has 0 radical (unpaired) electrons. The van der Waals surface area contributed by atoms with Crippen molar-refractivity contribution >= 4 is 17.8 Å². The molecular formula is C25H32N4O5. The Morgan fingerprint density at radius 2 is 1.85 bits per heavy atom. The first-order valence-electron chi connectivity index (χ1n) is 11.8. The number of esters is 1. The van der Waals surface area contributed by atoms with E-state index in [0.717, 1.165) is 31.2 Å². The van der Waals surface area contributed by atoms with Crippen LogP contribution in [0.15, 0.2) is 30.6 Å². The zero-order valence-corrected chi connectivity index (χ0v) is 20.0. The Balaban J connectivity index is 1.72. The van der Waals surface area contributed by atoms with Crippen molar-refractivity contribution in [1.82, 2.24) is 19.8 Å². The summed E-state index contributed by atoms with van der Waals surface area (Å²) in [5, 5.41) is 3.22. The first kappa shape index (κ1) is 23.8. The number of benzene rings is 1. The van der Waals surface area contributed by atoms with Crippen molar-refractivity contribution in [3.63, 3.8) is 0 Å². The van der Waals surface area contributed by atoms with Gasteiger partial charge in [-0.25, -0.2) is 9.78 Å². The second-order valence-corrected chi connectivity index (χ2v) is 9.20. The predicted octanol–water partition coefficient (Wildman–Crippen LogP) is 2.93. The van der Waals surface area contributed by atoms with Crippen molar-refractivity contribution in [2.45, 2.75) is 70.1 Å². The highest BCUT2D eigenvalue weighted by atomic mass is 16.5. The van der Waals surface area contributed by atoms with Gasteiger partial charge in [0.15, 0.2) is 5.69 Å². The minimum Gasteiger partial charge on any atom is -0.496 e. The summed E-state index contributed by atoms with van der Waals surface area (Å²) in [4.78, 5) is 45.5. The summed E-state index contributed by atoms with van der Waals surface area (Å²) in [5.74, 6) is -0.727. The van der Waals surface area contributed by atoms with E-state index < -0.39 is 17.4 Å². The van der Waals surface area contributed by atoms with Crippen molar-refractivity contribution in [2.24, 2.45) is 0 Å². The number of amides is 2. The Hall–Kier alpha value is -3.36. The Morgan fingerprint density at radius 3 is 2.53 bits per heavy atom. The maximum Gasteiger partial charge on any atom is 0.359 e. The number of carbonyl (C=O) groups is 3. The molecule has 1 aliphatic heterocycles. The number of imidazole rings is 1. The fourth-order valence-corrected chi connectivity index (χ4v) is 4.95. The van der Waals surface area contributed by atoms with Gasteiger partial charge < -0.3 is 24.3 Å². The Morgan fingerprint density at radius 1 is 1.15 bits per heavy atom. The highest BCUT2D eigenvalue weighted by molar-refractivity contribution is 6.06. The van der Waals surface area contributed by atoms with Crippen LogP contribution in [-0.4, -0.2) is 58.0 Å². The molecule has 0 saturated heterocycles. The van der Waals surface area contributed by atoms with Gasteiger partial charge in [-0.05, 0) is 25.8 Å². The fraction of sp³-hybridized carbons (Fsp3) is 0.520. The van der Waals surface area contributed by atoms with Crippen molar-refractivity contribution in [3.8, 4) is 5.75 Å². The van der Waals surface area contributed by atoms with Crippen LogP contribution in [0.2, 0.25) is 0 Å². The topological polar surface area (TPSA) is 103 Å². The lowest BCUT2D eigenvalue weighted by atomic mass is 9.92. The lowest BCUT2D eigenvalue weighted by molar-refractivity contribution is -0.134. The highest BCUT2D eigenvalue weighted by Crippen LogP contribution is 2.33. The van der Waals surface area contributed by atoms with E-state index >= 15 is 0 Å². The van der Waals surface area contributed by atoms with Crippen molar-refractivity contribution in [3.05, 3.63) is 47.5 Å². The Bertz CT molecular complexity index is 1070. The molecule has 1 aromatic carbocycles. The smallest absolute Gasteiger partial charge is 0.359 e. The van der Waals surface area contributed by atoms with Gasteiger partial charge in [-0.2, -0.15) is 0 Å². The second-order valence-electron chi connectivity index (χ2n) is 9.20. The van der Waals surface area contributed by atoms with Gasteiger partial charge in [-0.3, -0.25) is 9.59 Å². The molecule has 182 valence electrons. The largest absolute Gasteiger partial charge is 0.496 e. The van der Waals surface area contributed by atoms with E-state index in [4.69, 9.17) is 9.47 Å².